The number of carbonyl (C=O) groups excluding carboxylic acids is 1. The number of hydrogen-bond acceptors (Lipinski definition) is 7. The van der Waals surface area contributed by atoms with Crippen molar-refractivity contribution < 1.29 is 14.3 Å². The van der Waals surface area contributed by atoms with Crippen molar-refractivity contribution in [3.63, 3.8) is 0 Å². The molecule has 0 aliphatic heterocycles. The van der Waals surface area contributed by atoms with Crippen LogP contribution in [0.25, 0.3) is 0 Å². The van der Waals surface area contributed by atoms with Gasteiger partial charge in [-0.3, -0.25) is 5.32 Å². The van der Waals surface area contributed by atoms with Crippen LogP contribution in [-0.2, 0) is 4.74 Å². The van der Waals surface area contributed by atoms with Crippen LogP contribution in [0.4, 0.5) is 22.0 Å². The molecule has 26 heavy (non-hydrogen) atoms. The molecule has 0 aromatic carbocycles. The van der Waals surface area contributed by atoms with Crippen LogP contribution in [0.1, 0.15) is 34.6 Å². The minimum atomic E-state index is -0.603. The summed E-state index contributed by atoms with van der Waals surface area (Å²) >= 11 is 0. The van der Waals surface area contributed by atoms with Crippen molar-refractivity contribution in [2.24, 2.45) is 0 Å². The number of rotatable bonds is 7. The van der Waals surface area contributed by atoms with Crippen LogP contribution in [0.15, 0.2) is 6.07 Å². The first-order valence-corrected chi connectivity index (χ1v) is 8.72. The number of likely N-dealkylation sites (N-methyl/N-ethyl adjacent to an activating group) is 2. The summed E-state index contributed by atoms with van der Waals surface area (Å²) in [5.41, 5.74) is 6.40. The molecule has 0 fully saturated rings. The molecule has 1 aromatic rings. The molecule has 0 aliphatic rings. The zero-order chi connectivity index (χ0) is 20.1. The normalized spacial score (nSPS) is 11.6. The molecule has 1 amide bonds. The van der Waals surface area contributed by atoms with Crippen LogP contribution in [0.3, 0.4) is 0 Å². The molecular weight excluding hydrogens is 334 g/mol. The van der Waals surface area contributed by atoms with E-state index >= 15 is 0 Å². The third-order valence-electron chi connectivity index (χ3n) is 3.22. The second kappa shape index (κ2) is 8.93. The molecule has 1 heterocycles. The number of pyridine rings is 1. The molecule has 0 saturated heterocycles. The van der Waals surface area contributed by atoms with Crippen molar-refractivity contribution in [1.82, 2.24) is 9.88 Å². The summed E-state index contributed by atoms with van der Waals surface area (Å²) in [5, 5.41) is 2.67. The first kappa shape index (κ1) is 21.8. The SMILES string of the molecule is CC(C)Oc1nc(N(C)CCN(C)C)c(N)cc1NC(=O)OC(C)(C)C. The van der Waals surface area contributed by atoms with E-state index in [4.69, 9.17) is 15.2 Å². The highest BCUT2D eigenvalue weighted by atomic mass is 16.6. The highest BCUT2D eigenvalue weighted by Gasteiger charge is 2.21. The van der Waals surface area contributed by atoms with E-state index in [-0.39, 0.29) is 6.10 Å². The fraction of sp³-hybridized carbons (Fsp3) is 0.667. The Kier molecular flexibility index (Phi) is 7.50. The van der Waals surface area contributed by atoms with Gasteiger partial charge in [-0.25, -0.2) is 4.79 Å². The maximum absolute atomic E-state index is 12.1. The van der Waals surface area contributed by atoms with E-state index in [1.54, 1.807) is 26.8 Å². The molecule has 0 atom stereocenters. The number of aromatic nitrogens is 1. The van der Waals surface area contributed by atoms with Gasteiger partial charge in [0.15, 0.2) is 5.82 Å². The number of nitrogens with two attached hydrogens (primary N) is 1. The number of nitrogens with one attached hydrogen (secondary N) is 1. The Morgan fingerprint density at radius 1 is 1.27 bits per heavy atom. The van der Waals surface area contributed by atoms with Crippen LogP contribution in [0, 0.1) is 0 Å². The summed E-state index contributed by atoms with van der Waals surface area (Å²) in [6, 6.07) is 1.65. The predicted molar refractivity (Wildman–Crippen MR) is 106 cm³/mol. The molecule has 8 nitrogen and oxygen atoms in total. The lowest BCUT2D eigenvalue weighted by molar-refractivity contribution is 0.0634. The average molecular weight is 367 g/mol. The van der Waals surface area contributed by atoms with Gasteiger partial charge >= 0.3 is 6.09 Å². The molecular formula is C18H33N5O3. The van der Waals surface area contributed by atoms with Crippen LogP contribution in [0.5, 0.6) is 5.88 Å². The third-order valence-corrected chi connectivity index (χ3v) is 3.22. The number of amides is 1. The zero-order valence-electron chi connectivity index (χ0n) is 17.2. The topological polar surface area (TPSA) is 93.0 Å². The monoisotopic (exact) mass is 367 g/mol. The first-order chi connectivity index (χ1) is 11.9. The Bertz CT molecular complexity index is 612. The van der Waals surface area contributed by atoms with Gasteiger partial charge in [0.25, 0.3) is 0 Å². The van der Waals surface area contributed by atoms with Gasteiger partial charge in [0.2, 0.25) is 5.88 Å². The van der Waals surface area contributed by atoms with E-state index in [1.165, 1.54) is 0 Å². The number of nitrogen functional groups attached to an aromatic ring is 1. The second-order valence-electron chi connectivity index (χ2n) is 7.77. The molecule has 1 aromatic heterocycles. The second-order valence-corrected chi connectivity index (χ2v) is 7.77. The number of anilines is 3. The highest BCUT2D eigenvalue weighted by Crippen LogP contribution is 2.32. The van der Waals surface area contributed by atoms with Crippen molar-refractivity contribution in [3.05, 3.63) is 6.07 Å². The van der Waals surface area contributed by atoms with Crippen molar-refractivity contribution in [2.45, 2.75) is 46.3 Å². The third kappa shape index (κ3) is 7.35. The molecule has 3 N–H and O–H groups in total. The summed E-state index contributed by atoms with van der Waals surface area (Å²) in [7, 11) is 5.93. The average Bonchev–Trinajstić information content (AvgIpc) is 2.44. The largest absolute Gasteiger partial charge is 0.473 e. The van der Waals surface area contributed by atoms with Gasteiger partial charge in [0.05, 0.1) is 11.8 Å². The highest BCUT2D eigenvalue weighted by molar-refractivity contribution is 5.88. The minimum Gasteiger partial charge on any atom is -0.473 e. The van der Waals surface area contributed by atoms with Gasteiger partial charge in [-0.05, 0) is 54.8 Å². The molecule has 0 radical (unpaired) electrons. The summed E-state index contributed by atoms with van der Waals surface area (Å²) in [6.45, 7) is 10.8. The van der Waals surface area contributed by atoms with E-state index in [0.29, 0.717) is 23.1 Å². The van der Waals surface area contributed by atoms with Gasteiger partial charge in [-0.15, -0.1) is 0 Å². The van der Waals surface area contributed by atoms with E-state index in [2.05, 4.69) is 15.2 Å². The summed E-state index contributed by atoms with van der Waals surface area (Å²) in [5.74, 6) is 0.920. The van der Waals surface area contributed by atoms with E-state index in [1.807, 2.05) is 39.9 Å². The minimum absolute atomic E-state index is 0.106. The Hall–Kier alpha value is -2.22. The van der Waals surface area contributed by atoms with Crippen LogP contribution < -0.4 is 20.7 Å². The van der Waals surface area contributed by atoms with Gasteiger partial charge in [0.1, 0.15) is 11.3 Å². The molecule has 0 bridgehead atoms. The first-order valence-electron chi connectivity index (χ1n) is 8.72. The van der Waals surface area contributed by atoms with Gasteiger partial charge in [-0.1, -0.05) is 0 Å². The number of nitrogens with zero attached hydrogens (tertiary/aromatic N) is 3. The molecule has 8 heteroatoms. The lowest BCUT2D eigenvalue weighted by Gasteiger charge is -2.24. The van der Waals surface area contributed by atoms with Crippen LogP contribution >= 0.6 is 0 Å². The standard InChI is InChI=1S/C18H33N5O3/c1-12(2)25-16-14(20-17(24)26-18(3,4)5)11-13(19)15(21-16)23(8)10-9-22(6)7/h11-12H,9-10,19H2,1-8H3,(H,20,24). The summed E-state index contributed by atoms with van der Waals surface area (Å²) in [4.78, 5) is 20.7. The predicted octanol–water partition coefficient (Wildman–Crippen LogP) is 2.80. The molecule has 0 aliphatic carbocycles. The zero-order valence-corrected chi connectivity index (χ0v) is 17.2. The molecule has 0 unspecified atom stereocenters. The quantitative estimate of drug-likeness (QED) is 0.765. The van der Waals surface area contributed by atoms with Gasteiger partial charge < -0.3 is 25.0 Å². The number of hydrogen-bond donors (Lipinski definition) is 2. The van der Waals surface area contributed by atoms with Crippen molar-refractivity contribution in [2.75, 3.05) is 50.2 Å². The molecule has 0 spiro atoms. The Labute approximate surface area is 156 Å². The fourth-order valence-corrected chi connectivity index (χ4v) is 2.08. The van der Waals surface area contributed by atoms with Gasteiger partial charge in [0, 0.05) is 20.1 Å². The summed E-state index contributed by atoms with van der Waals surface area (Å²) in [6.07, 6.45) is -0.689. The van der Waals surface area contributed by atoms with E-state index in [9.17, 15) is 4.79 Å². The van der Waals surface area contributed by atoms with Crippen LogP contribution in [0.2, 0.25) is 0 Å². The Morgan fingerprint density at radius 2 is 1.88 bits per heavy atom. The van der Waals surface area contributed by atoms with Crippen LogP contribution in [-0.4, -0.2) is 61.9 Å². The number of ether oxygens (including phenoxy) is 2. The Balaban J connectivity index is 3.10. The van der Waals surface area contributed by atoms with E-state index < -0.39 is 11.7 Å². The summed E-state index contributed by atoms with van der Waals surface area (Å²) < 4.78 is 11.1. The lowest BCUT2D eigenvalue weighted by Crippen LogP contribution is -2.30. The maximum Gasteiger partial charge on any atom is 0.412 e. The molecule has 0 saturated carbocycles. The van der Waals surface area contributed by atoms with E-state index in [0.717, 1.165) is 13.1 Å². The Morgan fingerprint density at radius 3 is 2.38 bits per heavy atom. The number of carbonyl (C=O) groups is 1. The lowest BCUT2D eigenvalue weighted by atomic mass is 10.2. The fourth-order valence-electron chi connectivity index (χ4n) is 2.08. The van der Waals surface area contributed by atoms with Crippen molar-refractivity contribution in [3.8, 4) is 5.88 Å². The van der Waals surface area contributed by atoms with Gasteiger partial charge in [-0.2, -0.15) is 4.98 Å². The molecule has 148 valence electrons. The van der Waals surface area contributed by atoms with Crippen molar-refractivity contribution in [1.29, 1.82) is 0 Å². The smallest absolute Gasteiger partial charge is 0.412 e. The molecule has 1 rings (SSSR count). The maximum atomic E-state index is 12.1. The van der Waals surface area contributed by atoms with Crippen molar-refractivity contribution >= 4 is 23.3 Å².